The van der Waals surface area contributed by atoms with Crippen LogP contribution in [0.1, 0.15) is 23.4 Å². The number of ether oxygens (including phenoxy) is 2. The second-order valence-electron chi connectivity index (χ2n) is 9.71. The van der Waals surface area contributed by atoms with E-state index in [2.05, 4.69) is 4.98 Å². The maximum atomic E-state index is 11.7. The summed E-state index contributed by atoms with van der Waals surface area (Å²) in [6.07, 6.45) is 0.410. The average Bonchev–Trinajstić information content (AvgIpc) is 3.54. The third kappa shape index (κ3) is 6.66. The van der Waals surface area contributed by atoms with Gasteiger partial charge in [0, 0.05) is 24.6 Å². The van der Waals surface area contributed by atoms with Gasteiger partial charge in [-0.3, -0.25) is 4.79 Å². The maximum absolute atomic E-state index is 11.7. The first kappa shape index (κ1) is 26.5. The predicted molar refractivity (Wildman–Crippen MR) is 145 cm³/mol. The predicted octanol–water partition coefficient (Wildman–Crippen LogP) is 4.94. The largest absolute Gasteiger partial charge is 0.493 e. The zero-order valence-corrected chi connectivity index (χ0v) is 21.8. The molecule has 1 aromatic heterocycles. The van der Waals surface area contributed by atoms with Crippen LogP contribution in [0.5, 0.6) is 11.5 Å². The van der Waals surface area contributed by atoms with Crippen LogP contribution in [0.3, 0.4) is 0 Å². The lowest BCUT2D eigenvalue weighted by Gasteiger charge is -2.29. The number of oxazole rings is 1. The highest BCUT2D eigenvalue weighted by molar-refractivity contribution is 5.70. The molecule has 0 spiro atoms. The molecule has 2 N–H and O–H groups in total. The number of para-hydroxylation sites is 1. The number of hydrogen-bond donors (Lipinski definition) is 2. The van der Waals surface area contributed by atoms with Gasteiger partial charge in [0.1, 0.15) is 17.3 Å². The summed E-state index contributed by atoms with van der Waals surface area (Å²) in [6, 6.07) is 26.4. The molecule has 3 atom stereocenters. The van der Waals surface area contributed by atoms with E-state index in [1.54, 1.807) is 17.0 Å². The fraction of sp³-hybridized carbons (Fsp3) is 0.290. The summed E-state index contributed by atoms with van der Waals surface area (Å²) in [6.45, 7) is 2.59. The van der Waals surface area contributed by atoms with Gasteiger partial charge in [-0.2, -0.15) is 0 Å². The standard InChI is InChI=1S/C31H32N2O6/c1-21-28(32-29(38-21)23-8-4-2-5-9-23)16-17-37-26-14-12-22(13-15-26)18-25-19-24(30(34)35)20-33(25)31(36)39-27-10-6-3-7-11-27/h2-15,24-25,31,36H,16-20H2,1H3,(H,34,35)/t24-,25+,31?/m1/s1. The van der Waals surface area contributed by atoms with Crippen molar-refractivity contribution >= 4 is 5.97 Å². The molecule has 8 heteroatoms. The minimum atomic E-state index is -1.23. The third-order valence-corrected chi connectivity index (χ3v) is 6.99. The minimum absolute atomic E-state index is 0.175. The molecule has 1 saturated heterocycles. The van der Waals surface area contributed by atoms with Gasteiger partial charge in [0.2, 0.25) is 5.89 Å². The number of likely N-dealkylation sites (tertiary alicyclic amines) is 1. The summed E-state index contributed by atoms with van der Waals surface area (Å²) in [5.41, 5.74) is 2.84. The Kier molecular flexibility index (Phi) is 8.24. The van der Waals surface area contributed by atoms with Crippen molar-refractivity contribution < 1.29 is 28.9 Å². The quantitative estimate of drug-likeness (QED) is 0.264. The highest BCUT2D eigenvalue weighted by Gasteiger charge is 2.40. The smallest absolute Gasteiger partial charge is 0.307 e. The summed E-state index contributed by atoms with van der Waals surface area (Å²) >= 11 is 0. The minimum Gasteiger partial charge on any atom is -0.493 e. The van der Waals surface area contributed by atoms with E-state index in [0.29, 0.717) is 37.5 Å². The summed E-state index contributed by atoms with van der Waals surface area (Å²) < 4.78 is 17.5. The van der Waals surface area contributed by atoms with Gasteiger partial charge in [0.25, 0.3) is 6.41 Å². The molecule has 0 radical (unpaired) electrons. The normalized spacial score (nSPS) is 18.1. The number of aryl methyl sites for hydroxylation is 1. The van der Waals surface area contributed by atoms with Crippen LogP contribution in [0, 0.1) is 12.8 Å². The first-order valence-electron chi connectivity index (χ1n) is 13.1. The lowest BCUT2D eigenvalue weighted by Crippen LogP contribution is -2.43. The molecular weight excluding hydrogens is 496 g/mol. The van der Waals surface area contributed by atoms with Crippen molar-refractivity contribution in [2.24, 2.45) is 5.92 Å². The van der Waals surface area contributed by atoms with Crippen LogP contribution in [0.2, 0.25) is 0 Å². The second kappa shape index (κ2) is 12.1. The molecule has 2 heterocycles. The van der Waals surface area contributed by atoms with Crippen molar-refractivity contribution in [1.82, 2.24) is 9.88 Å². The van der Waals surface area contributed by atoms with Crippen LogP contribution in [0.25, 0.3) is 11.5 Å². The number of rotatable bonds is 11. The molecular formula is C31H32N2O6. The molecule has 1 fully saturated rings. The third-order valence-electron chi connectivity index (χ3n) is 6.99. The molecule has 39 heavy (non-hydrogen) atoms. The van der Waals surface area contributed by atoms with Crippen molar-refractivity contribution in [1.29, 1.82) is 0 Å². The number of aliphatic carboxylic acids is 1. The second-order valence-corrected chi connectivity index (χ2v) is 9.71. The Morgan fingerprint density at radius 3 is 2.41 bits per heavy atom. The van der Waals surface area contributed by atoms with Crippen molar-refractivity contribution in [3.8, 4) is 23.0 Å². The van der Waals surface area contributed by atoms with E-state index in [4.69, 9.17) is 13.9 Å². The number of aliphatic hydroxyl groups is 1. The van der Waals surface area contributed by atoms with E-state index in [-0.39, 0.29) is 12.6 Å². The molecule has 8 nitrogen and oxygen atoms in total. The molecule has 1 unspecified atom stereocenters. The van der Waals surface area contributed by atoms with E-state index < -0.39 is 18.3 Å². The van der Waals surface area contributed by atoms with Gasteiger partial charge in [0.15, 0.2) is 0 Å². The van der Waals surface area contributed by atoms with E-state index in [9.17, 15) is 15.0 Å². The van der Waals surface area contributed by atoms with Crippen molar-refractivity contribution in [3.63, 3.8) is 0 Å². The number of carboxylic acid groups (broad SMARTS) is 1. The van der Waals surface area contributed by atoms with E-state index in [1.807, 2.05) is 79.7 Å². The topological polar surface area (TPSA) is 105 Å². The van der Waals surface area contributed by atoms with E-state index in [0.717, 1.165) is 28.3 Å². The van der Waals surface area contributed by atoms with Crippen LogP contribution in [0.15, 0.2) is 89.3 Å². The first-order valence-corrected chi connectivity index (χ1v) is 13.1. The fourth-order valence-corrected chi connectivity index (χ4v) is 4.90. The molecule has 0 amide bonds. The number of aliphatic hydroxyl groups excluding tert-OH is 1. The molecule has 3 aromatic carbocycles. The zero-order valence-electron chi connectivity index (χ0n) is 21.8. The molecule has 0 bridgehead atoms. The zero-order chi connectivity index (χ0) is 27.2. The number of hydrogen-bond acceptors (Lipinski definition) is 7. The Balaban J connectivity index is 1.16. The Morgan fingerprint density at radius 2 is 1.72 bits per heavy atom. The molecule has 1 aliphatic rings. The highest BCUT2D eigenvalue weighted by Crippen LogP contribution is 2.29. The SMILES string of the molecule is Cc1oc(-c2ccccc2)nc1CCOc1ccc(C[C@H]2C[C@@H](C(=O)O)CN2C(O)Oc2ccccc2)cc1. The molecule has 202 valence electrons. The van der Waals surface area contributed by atoms with Crippen LogP contribution in [-0.4, -0.2) is 51.7 Å². The highest BCUT2D eigenvalue weighted by atomic mass is 16.6. The van der Waals surface area contributed by atoms with Crippen LogP contribution < -0.4 is 9.47 Å². The Morgan fingerprint density at radius 1 is 1.03 bits per heavy atom. The lowest BCUT2D eigenvalue weighted by atomic mass is 10.00. The first-order chi connectivity index (χ1) is 19.0. The van der Waals surface area contributed by atoms with Crippen molar-refractivity contribution in [2.75, 3.05) is 13.2 Å². The Bertz CT molecular complexity index is 1360. The number of nitrogens with zero attached hydrogens (tertiary/aromatic N) is 2. The fourth-order valence-electron chi connectivity index (χ4n) is 4.90. The Labute approximate surface area is 227 Å². The molecule has 1 aliphatic heterocycles. The van der Waals surface area contributed by atoms with E-state index >= 15 is 0 Å². The number of carboxylic acids is 1. The summed E-state index contributed by atoms with van der Waals surface area (Å²) in [5.74, 6) is 1.23. The summed E-state index contributed by atoms with van der Waals surface area (Å²) in [5, 5.41) is 20.3. The Hall–Kier alpha value is -4.14. The van der Waals surface area contributed by atoms with Crippen molar-refractivity contribution in [2.45, 2.75) is 38.6 Å². The molecule has 0 aliphatic carbocycles. The monoisotopic (exact) mass is 528 g/mol. The van der Waals surface area contributed by atoms with E-state index in [1.165, 1.54) is 0 Å². The average molecular weight is 529 g/mol. The number of carbonyl (C=O) groups is 1. The van der Waals surface area contributed by atoms with Gasteiger partial charge < -0.3 is 24.1 Å². The number of aromatic nitrogens is 1. The maximum Gasteiger partial charge on any atom is 0.307 e. The van der Waals surface area contributed by atoms with Crippen LogP contribution >= 0.6 is 0 Å². The molecule has 0 saturated carbocycles. The van der Waals surface area contributed by atoms with Gasteiger partial charge in [-0.15, -0.1) is 0 Å². The van der Waals surface area contributed by atoms with Crippen molar-refractivity contribution in [3.05, 3.63) is 102 Å². The van der Waals surface area contributed by atoms with Gasteiger partial charge in [-0.25, -0.2) is 9.88 Å². The summed E-state index contributed by atoms with van der Waals surface area (Å²) in [7, 11) is 0. The van der Waals surface area contributed by atoms with Gasteiger partial charge in [0.05, 0.1) is 18.2 Å². The van der Waals surface area contributed by atoms with Crippen LogP contribution in [0.4, 0.5) is 0 Å². The van der Waals surface area contributed by atoms with Gasteiger partial charge >= 0.3 is 5.97 Å². The number of benzene rings is 3. The van der Waals surface area contributed by atoms with Crippen LogP contribution in [-0.2, 0) is 17.6 Å². The van der Waals surface area contributed by atoms with Gasteiger partial charge in [-0.1, -0.05) is 48.5 Å². The molecule has 4 aromatic rings. The van der Waals surface area contributed by atoms with Gasteiger partial charge in [-0.05, 0) is 61.7 Å². The summed E-state index contributed by atoms with van der Waals surface area (Å²) in [4.78, 5) is 18.0. The molecule has 5 rings (SSSR count). The lowest BCUT2D eigenvalue weighted by molar-refractivity contribution is -0.147.